The number of aryl methyl sites for hydroxylation is 1. The van der Waals surface area contributed by atoms with Crippen LogP contribution in [0, 0.1) is 12.8 Å². The van der Waals surface area contributed by atoms with Crippen molar-refractivity contribution in [3.05, 3.63) is 29.6 Å². The van der Waals surface area contributed by atoms with Gasteiger partial charge in [0, 0.05) is 18.8 Å². The predicted molar refractivity (Wildman–Crippen MR) is 71.9 cm³/mol. The van der Waals surface area contributed by atoms with Crippen molar-refractivity contribution in [2.75, 3.05) is 0 Å². The van der Waals surface area contributed by atoms with Crippen molar-refractivity contribution < 1.29 is 0 Å². The van der Waals surface area contributed by atoms with Crippen molar-refractivity contribution >= 4 is 0 Å². The van der Waals surface area contributed by atoms with Gasteiger partial charge in [0.1, 0.15) is 0 Å². The van der Waals surface area contributed by atoms with Crippen LogP contribution in [0.2, 0.25) is 0 Å². The smallest absolute Gasteiger partial charge is 0.0570 e. The van der Waals surface area contributed by atoms with E-state index in [1.54, 1.807) is 0 Å². The Morgan fingerprint density at radius 2 is 2.18 bits per heavy atom. The van der Waals surface area contributed by atoms with Crippen molar-refractivity contribution in [3.8, 4) is 0 Å². The normalized spacial score (nSPS) is 25.5. The molecule has 0 spiro atoms. The maximum absolute atomic E-state index is 4.44. The third-order valence-electron chi connectivity index (χ3n) is 3.93. The summed E-state index contributed by atoms with van der Waals surface area (Å²) < 4.78 is 0. The molecule has 94 valence electrons. The highest BCUT2D eigenvalue weighted by molar-refractivity contribution is 5.17. The van der Waals surface area contributed by atoms with Crippen LogP contribution >= 0.6 is 0 Å². The fourth-order valence-electron chi connectivity index (χ4n) is 2.64. The first-order valence-electron chi connectivity index (χ1n) is 6.89. The van der Waals surface area contributed by atoms with E-state index in [9.17, 15) is 0 Å². The number of aromatic nitrogens is 1. The van der Waals surface area contributed by atoms with Crippen LogP contribution in [0.25, 0.3) is 0 Å². The molecule has 0 radical (unpaired) electrons. The van der Waals surface area contributed by atoms with E-state index in [0.29, 0.717) is 6.04 Å². The molecule has 0 amide bonds. The van der Waals surface area contributed by atoms with Crippen LogP contribution in [0.3, 0.4) is 0 Å². The summed E-state index contributed by atoms with van der Waals surface area (Å²) in [6.07, 6.45) is 8.70. The highest BCUT2D eigenvalue weighted by atomic mass is 14.9. The summed E-state index contributed by atoms with van der Waals surface area (Å²) in [5.41, 5.74) is 2.49. The van der Waals surface area contributed by atoms with Gasteiger partial charge in [-0.15, -0.1) is 0 Å². The van der Waals surface area contributed by atoms with Crippen LogP contribution in [-0.2, 0) is 6.54 Å². The summed E-state index contributed by atoms with van der Waals surface area (Å²) in [6, 6.07) is 4.84. The Balaban J connectivity index is 1.83. The quantitative estimate of drug-likeness (QED) is 0.807. The molecule has 1 aliphatic carbocycles. The number of hydrogen-bond acceptors (Lipinski definition) is 2. The zero-order chi connectivity index (χ0) is 12.1. The van der Waals surface area contributed by atoms with Gasteiger partial charge in [-0.3, -0.25) is 4.98 Å². The molecule has 0 saturated heterocycles. The second kappa shape index (κ2) is 6.15. The Bertz CT molecular complexity index is 349. The molecule has 1 aromatic rings. The van der Waals surface area contributed by atoms with Crippen molar-refractivity contribution in [1.82, 2.24) is 10.3 Å². The molecular formula is C15H24N2. The van der Waals surface area contributed by atoms with E-state index < -0.39 is 0 Å². The molecule has 2 atom stereocenters. The van der Waals surface area contributed by atoms with E-state index in [0.717, 1.165) is 12.5 Å². The molecule has 1 aromatic heterocycles. The Kier molecular flexibility index (Phi) is 4.55. The van der Waals surface area contributed by atoms with E-state index in [1.165, 1.54) is 43.4 Å². The third-order valence-corrected chi connectivity index (χ3v) is 3.93. The molecule has 1 fully saturated rings. The summed E-state index contributed by atoms with van der Waals surface area (Å²) in [4.78, 5) is 4.44. The maximum Gasteiger partial charge on any atom is 0.0570 e. The number of hydrogen-bond donors (Lipinski definition) is 1. The predicted octanol–water partition coefficient (Wildman–Crippen LogP) is 3.45. The first-order valence-corrected chi connectivity index (χ1v) is 6.89. The standard InChI is InChI=1S/C15H24N2/c1-12-5-3-7-14(9-8-12)17-11-15-13(2)6-4-10-16-15/h4,6,10,12,14,17H,3,5,7-9,11H2,1-2H3. The van der Waals surface area contributed by atoms with Crippen LogP contribution in [0.4, 0.5) is 0 Å². The largest absolute Gasteiger partial charge is 0.308 e. The van der Waals surface area contributed by atoms with Crippen LogP contribution < -0.4 is 5.32 Å². The van der Waals surface area contributed by atoms with Gasteiger partial charge in [-0.1, -0.05) is 25.8 Å². The minimum atomic E-state index is 0.696. The molecule has 2 rings (SSSR count). The van der Waals surface area contributed by atoms with Crippen molar-refractivity contribution in [2.45, 2.75) is 58.5 Å². The van der Waals surface area contributed by atoms with Gasteiger partial charge in [0.2, 0.25) is 0 Å². The Labute approximate surface area is 105 Å². The van der Waals surface area contributed by atoms with E-state index >= 15 is 0 Å². The molecule has 2 heteroatoms. The summed E-state index contributed by atoms with van der Waals surface area (Å²) in [5.74, 6) is 0.915. The third kappa shape index (κ3) is 3.81. The zero-order valence-corrected chi connectivity index (χ0v) is 11.1. The Morgan fingerprint density at radius 3 is 3.00 bits per heavy atom. The number of pyridine rings is 1. The number of rotatable bonds is 3. The van der Waals surface area contributed by atoms with Crippen molar-refractivity contribution in [3.63, 3.8) is 0 Å². The van der Waals surface area contributed by atoms with E-state index in [2.05, 4.69) is 30.2 Å². The van der Waals surface area contributed by atoms with Gasteiger partial charge in [0.25, 0.3) is 0 Å². The van der Waals surface area contributed by atoms with Gasteiger partial charge in [0.05, 0.1) is 5.69 Å². The van der Waals surface area contributed by atoms with Crippen LogP contribution in [0.5, 0.6) is 0 Å². The number of nitrogens with zero attached hydrogens (tertiary/aromatic N) is 1. The van der Waals surface area contributed by atoms with E-state index in [4.69, 9.17) is 0 Å². The first-order chi connectivity index (χ1) is 8.25. The van der Waals surface area contributed by atoms with E-state index in [1.807, 2.05) is 12.3 Å². The molecule has 1 saturated carbocycles. The number of nitrogens with one attached hydrogen (secondary N) is 1. The molecule has 1 N–H and O–H groups in total. The zero-order valence-electron chi connectivity index (χ0n) is 11.1. The second-order valence-corrected chi connectivity index (χ2v) is 5.46. The molecule has 1 aliphatic rings. The summed E-state index contributed by atoms with van der Waals surface area (Å²) in [5, 5.41) is 3.68. The summed E-state index contributed by atoms with van der Waals surface area (Å²) >= 11 is 0. The van der Waals surface area contributed by atoms with Crippen LogP contribution in [-0.4, -0.2) is 11.0 Å². The van der Waals surface area contributed by atoms with Gasteiger partial charge in [-0.25, -0.2) is 0 Å². The topological polar surface area (TPSA) is 24.9 Å². The lowest BCUT2D eigenvalue weighted by Crippen LogP contribution is -2.28. The summed E-state index contributed by atoms with van der Waals surface area (Å²) in [6.45, 7) is 5.44. The molecule has 17 heavy (non-hydrogen) atoms. The average Bonchev–Trinajstić information content (AvgIpc) is 2.53. The lowest BCUT2D eigenvalue weighted by atomic mass is 10.0. The minimum absolute atomic E-state index is 0.696. The van der Waals surface area contributed by atoms with Gasteiger partial charge >= 0.3 is 0 Å². The monoisotopic (exact) mass is 232 g/mol. The average molecular weight is 232 g/mol. The van der Waals surface area contributed by atoms with Gasteiger partial charge in [-0.05, 0) is 43.7 Å². The Hall–Kier alpha value is -0.890. The lowest BCUT2D eigenvalue weighted by molar-refractivity contribution is 0.444. The van der Waals surface area contributed by atoms with Gasteiger partial charge < -0.3 is 5.32 Å². The Morgan fingerprint density at radius 1 is 1.29 bits per heavy atom. The molecule has 2 unspecified atom stereocenters. The molecular weight excluding hydrogens is 208 g/mol. The second-order valence-electron chi connectivity index (χ2n) is 5.46. The highest BCUT2D eigenvalue weighted by Gasteiger charge is 2.15. The van der Waals surface area contributed by atoms with Gasteiger partial charge in [0.15, 0.2) is 0 Å². The first kappa shape index (κ1) is 12.6. The molecule has 2 nitrogen and oxygen atoms in total. The highest BCUT2D eigenvalue weighted by Crippen LogP contribution is 2.22. The van der Waals surface area contributed by atoms with Gasteiger partial charge in [-0.2, -0.15) is 0 Å². The lowest BCUT2D eigenvalue weighted by Gasteiger charge is -2.16. The van der Waals surface area contributed by atoms with E-state index in [-0.39, 0.29) is 0 Å². The SMILES string of the molecule is Cc1cccnc1CNC1CCCC(C)CC1. The molecule has 0 bridgehead atoms. The fourth-order valence-corrected chi connectivity index (χ4v) is 2.64. The fraction of sp³-hybridized carbons (Fsp3) is 0.667. The molecule has 1 heterocycles. The summed E-state index contributed by atoms with van der Waals surface area (Å²) in [7, 11) is 0. The molecule has 0 aliphatic heterocycles. The van der Waals surface area contributed by atoms with Crippen LogP contribution in [0.1, 0.15) is 50.3 Å². The van der Waals surface area contributed by atoms with Crippen molar-refractivity contribution in [2.24, 2.45) is 5.92 Å². The van der Waals surface area contributed by atoms with Crippen LogP contribution in [0.15, 0.2) is 18.3 Å². The van der Waals surface area contributed by atoms with Crippen molar-refractivity contribution in [1.29, 1.82) is 0 Å². The minimum Gasteiger partial charge on any atom is -0.308 e. The molecule has 0 aromatic carbocycles. The maximum atomic E-state index is 4.44.